The third kappa shape index (κ3) is 217. The topological polar surface area (TPSA) is 915 Å². The molecule has 0 aromatic heterocycles. The minimum Gasteiger partial charge on any atom is -2.00 e. The zero-order valence-electron chi connectivity index (χ0n) is 25.8. The molecule has 338 valence electrons. The second-order valence-electron chi connectivity index (χ2n) is 4.52. The summed E-state index contributed by atoms with van der Waals surface area (Å²) in [5, 5.41) is 88.0. The molecule has 0 atom stereocenters. The summed E-state index contributed by atoms with van der Waals surface area (Å²) in [6.45, 7) is -4.74. The van der Waals surface area contributed by atoms with Gasteiger partial charge in [0, 0.05) is 39.3 Å². The van der Waals surface area contributed by atoms with Crippen LogP contribution in [-0.2, 0) is 156 Å². The molecule has 0 spiro atoms. The summed E-state index contributed by atoms with van der Waals surface area (Å²) in [7, 11) is 0. The van der Waals surface area contributed by atoms with E-state index in [4.69, 9.17) is 21.0 Å². The van der Waals surface area contributed by atoms with Gasteiger partial charge in [0.2, 0.25) is 0 Å². The normalized spacial score (nSPS) is 5.19. The van der Waals surface area contributed by atoms with E-state index in [9.17, 15) is 59.4 Å². The third-order valence-corrected chi connectivity index (χ3v) is 2.12. The van der Waals surface area contributed by atoms with Gasteiger partial charge in [0.1, 0.15) is 0 Å². The predicted octanol–water partition coefficient (Wildman–Crippen LogP) is -30.6. The quantitative estimate of drug-likeness (QED) is 0.0758. The monoisotopic (exact) mass is 992 g/mol. The van der Waals surface area contributed by atoms with Crippen LogP contribution in [-0.4, -0.2) is 134 Å². The Hall–Kier alpha value is -1.67. The second kappa shape index (κ2) is 144. The minimum atomic E-state index is -1.57. The number of nitrogens with zero attached hydrogens (tertiary/aromatic N) is 2. The molecule has 0 aliphatic carbocycles. The Bertz CT molecular complexity index is 463. The fraction of sp³-hybridized carbons (Fsp3) is 0.500. The van der Waals surface area contributed by atoms with Crippen LogP contribution < -0.4 is 51.7 Å². The molecular weight excluding hydrogens is 939 g/mol. The Balaban J connectivity index is -0.00000000710. The van der Waals surface area contributed by atoms with Crippen LogP contribution in [0.1, 0.15) is 0 Å². The molecule has 0 saturated carbocycles. The Morgan fingerprint density at radius 3 is 0.404 bits per heavy atom. The molecule has 0 aromatic carbocycles. The first-order chi connectivity index (χ1) is 13.8. The van der Waals surface area contributed by atoms with Gasteiger partial charge in [-0.3, -0.25) is 9.80 Å². The molecule has 0 fully saturated rings. The number of carbonyl (C=O) groups excluding carboxylic acids is 6. The average molecular weight is 993 g/mol. The van der Waals surface area contributed by atoms with Crippen molar-refractivity contribution in [2.45, 2.75) is 0 Å². The minimum absolute atomic E-state index is 0. The van der Waals surface area contributed by atoms with Crippen LogP contribution in [0.3, 0.4) is 0 Å². The molecule has 0 amide bonds. The fourth-order valence-electron chi connectivity index (χ4n) is 1.43. The molecule has 40 heteroatoms. The van der Waals surface area contributed by atoms with Gasteiger partial charge >= 0.3 is 77.6 Å². The van der Waals surface area contributed by atoms with E-state index >= 15 is 0 Å². The van der Waals surface area contributed by atoms with E-state index in [0.29, 0.717) is 9.80 Å². The maximum absolute atomic E-state index is 9.99. The number of aliphatic carboxylic acids is 6. The Morgan fingerprint density at radius 1 is 0.308 bits per heavy atom. The van der Waals surface area contributed by atoms with E-state index in [0.717, 1.165) is 0 Å². The molecule has 0 aliphatic heterocycles. The molecule has 36 nitrogen and oxygen atoms in total. The zero-order chi connectivity index (χ0) is 24.9. The van der Waals surface area contributed by atoms with E-state index in [2.05, 4.69) is 0 Å². The molecule has 0 unspecified atom stereocenters. The standard InChI is InChI=1S/2C6H9NO6.2Cu.2O2.17H2O.O.2Ti/c2*8-4(9)1-7(2-5(10)11)3-6(12)13;;;2*1-2;;;;;;;;;;;;;;;;;;;;/h2*1-3H2,(H,8,9)(H,10,11)(H,12,13);;;;;17*1H2;;;/q;;2*+2;2*-2;;;;;;;;;;;;;;;;;;-2;2*+4/p+2. The molecule has 2 radical (unpaired) electrons. The summed E-state index contributed by atoms with van der Waals surface area (Å²) < 4.78 is 0. The predicted molar refractivity (Wildman–Crippen MR) is 135 cm³/mol. The van der Waals surface area contributed by atoms with Crippen molar-refractivity contribution in [1.29, 1.82) is 0 Å². The van der Waals surface area contributed by atoms with Crippen molar-refractivity contribution in [3.8, 4) is 0 Å². The fourth-order valence-corrected chi connectivity index (χ4v) is 1.43. The van der Waals surface area contributed by atoms with Gasteiger partial charge in [0.05, 0.1) is 35.8 Å². The number of carbonyl (C=O) groups is 6. The van der Waals surface area contributed by atoms with Crippen LogP contribution >= 0.6 is 0 Å². The summed E-state index contributed by atoms with van der Waals surface area (Å²) in [5.74, 6) is -9.40. The summed E-state index contributed by atoms with van der Waals surface area (Å²) in [6.07, 6.45) is 0. The van der Waals surface area contributed by atoms with Crippen LogP contribution in [0.2, 0.25) is 0 Å². The number of rotatable bonds is 12. The van der Waals surface area contributed by atoms with E-state index < -0.39 is 75.1 Å². The first-order valence-electron chi connectivity index (χ1n) is 6.80. The van der Waals surface area contributed by atoms with Crippen LogP contribution in [0.5, 0.6) is 0 Å². The Kier molecular flexibility index (Phi) is 571. The number of hydrogen-bond donors (Lipinski definition) is 0. The molecule has 0 bridgehead atoms. The van der Waals surface area contributed by atoms with Gasteiger partial charge in [-0.1, -0.05) is 0 Å². The molecule has 0 aromatic rings. The van der Waals surface area contributed by atoms with Crippen molar-refractivity contribution in [2.24, 2.45) is 0 Å². The SMILES string of the molecule is O.O.O.O.O.O.O.O.O.O=C([O-])CN(CC(=O)[O-])CC(=O)[O-].O=C([O-])CN(CC(=O)[O-])CC(=O)[O-].[Cu+2].[Cu+2].[O-2].[O-][O-].[O-][O-].[OH3+].[OH3+].[OH3+].[OH3+].[OH3+].[OH3+].[OH3+].[OH3+].[Ti+4].[Ti+4]. The van der Waals surface area contributed by atoms with Gasteiger partial charge in [-0.25, -0.2) is 0 Å². The Labute approximate surface area is 340 Å². The van der Waals surface area contributed by atoms with Gasteiger partial charge in [-0.2, -0.15) is 0 Å². The van der Waals surface area contributed by atoms with E-state index in [-0.39, 0.29) is 176 Å². The maximum atomic E-state index is 9.99. The number of carboxylic acid groups (broad SMARTS) is 6. The number of carboxylic acids is 6. The van der Waals surface area contributed by atoms with Gasteiger partial charge in [-0.15, -0.1) is 0 Å². The van der Waals surface area contributed by atoms with E-state index in [1.165, 1.54) is 0 Å². The largest absolute Gasteiger partial charge is 4.00 e. The number of hydrogen-bond acceptors (Lipinski definition) is 18. The van der Waals surface area contributed by atoms with Crippen molar-refractivity contribution in [3.63, 3.8) is 0 Å². The molecule has 52 heavy (non-hydrogen) atoms. The smallest absolute Gasteiger partial charge is 2.00 e. The molecule has 42 N–H and O–H groups in total. The second-order valence-corrected chi connectivity index (χ2v) is 4.52. The van der Waals surface area contributed by atoms with Crippen LogP contribution in [0, 0.1) is 0 Å². The van der Waals surface area contributed by atoms with Gasteiger partial charge in [0.25, 0.3) is 0 Å². The molecule has 0 saturated heterocycles. The molecule has 0 aliphatic rings. The van der Waals surface area contributed by atoms with Crippen LogP contribution in [0.15, 0.2) is 0 Å². The molecule has 0 heterocycles. The summed E-state index contributed by atoms with van der Waals surface area (Å²) in [6, 6.07) is 0. The van der Waals surface area contributed by atoms with Crippen molar-refractivity contribution in [2.75, 3.05) is 39.3 Å². The first kappa shape index (κ1) is 207. The summed E-state index contributed by atoms with van der Waals surface area (Å²) in [5.41, 5.74) is 0. The molecule has 0 rings (SSSR count). The van der Waals surface area contributed by atoms with Gasteiger partial charge in [0.15, 0.2) is 0 Å². The Morgan fingerprint density at radius 2 is 0.365 bits per heavy atom. The van der Waals surface area contributed by atoms with Gasteiger partial charge < -0.3 is 179 Å². The average Bonchev–Trinajstić information content (AvgIpc) is 2.55. The van der Waals surface area contributed by atoms with Crippen LogP contribution in [0.25, 0.3) is 0 Å². The van der Waals surface area contributed by atoms with E-state index in [1.54, 1.807) is 0 Å². The van der Waals surface area contributed by atoms with Crippen molar-refractivity contribution in [1.82, 2.24) is 9.80 Å². The zero-order valence-corrected chi connectivity index (χ0v) is 30.8. The molecular formula is C12H54Cu2N2O34Ti2+8. The summed E-state index contributed by atoms with van der Waals surface area (Å²) >= 11 is 0. The van der Waals surface area contributed by atoms with Crippen molar-refractivity contribution >= 4 is 35.8 Å². The van der Waals surface area contributed by atoms with Crippen molar-refractivity contribution in [3.05, 3.63) is 0 Å². The third-order valence-electron chi connectivity index (χ3n) is 2.12. The van der Waals surface area contributed by atoms with Crippen LogP contribution in [0.4, 0.5) is 0 Å². The van der Waals surface area contributed by atoms with E-state index in [1.807, 2.05) is 0 Å². The van der Waals surface area contributed by atoms with Crippen molar-refractivity contribution < 1.29 is 257 Å². The maximum Gasteiger partial charge on any atom is 4.00 e. The van der Waals surface area contributed by atoms with Gasteiger partial charge in [-0.05, 0) is 0 Å². The first-order valence-corrected chi connectivity index (χ1v) is 6.80. The summed E-state index contributed by atoms with van der Waals surface area (Å²) in [4.78, 5) is 61.2.